The number of halogens is 2. The van der Waals surface area contributed by atoms with Gasteiger partial charge >= 0.3 is 0 Å². The Morgan fingerprint density at radius 3 is 2.83 bits per heavy atom. The van der Waals surface area contributed by atoms with Crippen LogP contribution in [0.2, 0.25) is 5.02 Å². The van der Waals surface area contributed by atoms with Crippen LogP contribution in [0.5, 0.6) is 5.75 Å². The van der Waals surface area contributed by atoms with Crippen LogP contribution >= 0.6 is 11.6 Å². The van der Waals surface area contributed by atoms with Crippen molar-refractivity contribution in [1.82, 2.24) is 14.9 Å². The molecule has 1 aliphatic heterocycles. The first-order valence-electron chi connectivity index (χ1n) is 9.50. The van der Waals surface area contributed by atoms with E-state index in [2.05, 4.69) is 10.7 Å². The van der Waals surface area contributed by atoms with Gasteiger partial charge in [-0.3, -0.25) is 19.1 Å². The molecule has 2 amide bonds. The molecule has 0 spiro atoms. The average Bonchev–Trinajstić information content (AvgIpc) is 2.72. The molecule has 0 saturated carbocycles. The number of aromatic hydroxyl groups is 1. The van der Waals surface area contributed by atoms with Crippen LogP contribution in [-0.4, -0.2) is 46.6 Å². The number of pyridine rings is 1. The fourth-order valence-corrected chi connectivity index (χ4v) is 3.37. The van der Waals surface area contributed by atoms with Gasteiger partial charge in [0, 0.05) is 38.4 Å². The molecule has 0 unspecified atom stereocenters. The largest absolute Gasteiger partial charge is 0.502 e. The minimum absolute atomic E-state index is 0.0839. The molecule has 3 rings (SSSR count). The summed E-state index contributed by atoms with van der Waals surface area (Å²) in [6.45, 7) is 0.767. The number of nitrogens with zero attached hydrogens (tertiary/aromatic N) is 2. The highest BCUT2D eigenvalue weighted by molar-refractivity contribution is 6.30. The molecule has 1 aromatic carbocycles. The van der Waals surface area contributed by atoms with E-state index in [1.165, 1.54) is 34.0 Å². The van der Waals surface area contributed by atoms with Gasteiger partial charge in [-0.15, -0.1) is 0 Å². The molecule has 3 N–H and O–H groups in total. The third-order valence-corrected chi connectivity index (χ3v) is 5.19. The van der Waals surface area contributed by atoms with Crippen molar-refractivity contribution in [3.63, 3.8) is 0 Å². The van der Waals surface area contributed by atoms with Gasteiger partial charge in [-0.05, 0) is 25.3 Å². The summed E-state index contributed by atoms with van der Waals surface area (Å²) < 4.78 is 15.2. The van der Waals surface area contributed by atoms with Gasteiger partial charge in [0.05, 0.1) is 5.02 Å². The fraction of sp³-hybridized carbons (Fsp3) is 0.350. The van der Waals surface area contributed by atoms with Crippen molar-refractivity contribution in [3.05, 3.63) is 62.3 Å². The zero-order chi connectivity index (χ0) is 21.8. The molecule has 0 aliphatic carbocycles. The summed E-state index contributed by atoms with van der Waals surface area (Å²) in [5.41, 5.74) is 1.51. The highest BCUT2D eigenvalue weighted by Gasteiger charge is 2.26. The summed E-state index contributed by atoms with van der Waals surface area (Å²) in [5.74, 6) is -2.84. The van der Waals surface area contributed by atoms with Gasteiger partial charge in [0.15, 0.2) is 11.4 Å². The Labute approximate surface area is 177 Å². The number of aromatic nitrogens is 1. The maximum Gasteiger partial charge on any atom is 0.276 e. The van der Waals surface area contributed by atoms with Gasteiger partial charge < -0.3 is 20.7 Å². The third-order valence-electron chi connectivity index (χ3n) is 4.90. The molecule has 0 radical (unpaired) electrons. The number of carbonyl (C=O) groups is 2. The maximum atomic E-state index is 14.0. The molecule has 0 bridgehead atoms. The normalized spacial score (nSPS) is 14.6. The van der Waals surface area contributed by atoms with E-state index >= 15 is 0 Å². The second-order valence-corrected chi connectivity index (χ2v) is 7.44. The van der Waals surface area contributed by atoms with Crippen molar-refractivity contribution >= 4 is 23.4 Å². The topological polar surface area (TPSA) is 104 Å². The van der Waals surface area contributed by atoms with E-state index in [-0.39, 0.29) is 28.4 Å². The Hall–Kier alpha value is -3.07. The minimum atomic E-state index is -0.981. The van der Waals surface area contributed by atoms with Gasteiger partial charge in [0.25, 0.3) is 11.8 Å². The smallest absolute Gasteiger partial charge is 0.276 e. The van der Waals surface area contributed by atoms with E-state index in [0.717, 1.165) is 19.3 Å². The molecule has 0 fully saturated rings. The Morgan fingerprint density at radius 1 is 1.30 bits per heavy atom. The van der Waals surface area contributed by atoms with Gasteiger partial charge in [0.2, 0.25) is 5.43 Å². The second kappa shape index (κ2) is 9.17. The van der Waals surface area contributed by atoms with Crippen LogP contribution in [0.25, 0.3) is 0 Å². The molecular weight excluding hydrogens is 415 g/mol. The zero-order valence-electron chi connectivity index (χ0n) is 16.4. The van der Waals surface area contributed by atoms with Crippen LogP contribution in [0.15, 0.2) is 29.2 Å². The Kier molecular flexibility index (Phi) is 6.61. The molecule has 2 aromatic rings. The first-order valence-corrected chi connectivity index (χ1v) is 9.88. The Bertz CT molecular complexity index is 1040. The monoisotopic (exact) mass is 436 g/mol. The van der Waals surface area contributed by atoms with Gasteiger partial charge in [-0.25, -0.2) is 4.39 Å². The minimum Gasteiger partial charge on any atom is -0.502 e. The third kappa shape index (κ3) is 4.40. The van der Waals surface area contributed by atoms with E-state index < -0.39 is 28.8 Å². The molecule has 10 heteroatoms. The second-order valence-electron chi connectivity index (χ2n) is 7.03. The van der Waals surface area contributed by atoms with Crippen molar-refractivity contribution in [2.45, 2.75) is 25.8 Å². The van der Waals surface area contributed by atoms with Crippen molar-refractivity contribution in [1.29, 1.82) is 0 Å². The van der Waals surface area contributed by atoms with Crippen molar-refractivity contribution < 1.29 is 19.1 Å². The average molecular weight is 437 g/mol. The number of benzene rings is 1. The molecular formula is C20H22ClFN4O4. The van der Waals surface area contributed by atoms with Crippen molar-refractivity contribution in [3.8, 4) is 5.75 Å². The van der Waals surface area contributed by atoms with Crippen LogP contribution in [0, 0.1) is 5.82 Å². The molecule has 0 saturated heterocycles. The predicted octanol–water partition coefficient (Wildman–Crippen LogP) is 2.08. The molecule has 0 atom stereocenters. The molecule has 30 heavy (non-hydrogen) atoms. The zero-order valence-corrected chi connectivity index (χ0v) is 17.1. The summed E-state index contributed by atoms with van der Waals surface area (Å²) in [6, 6.07) is 4.37. The van der Waals surface area contributed by atoms with E-state index in [1.807, 2.05) is 0 Å². The molecule has 1 aliphatic rings. The lowest BCUT2D eigenvalue weighted by molar-refractivity contribution is 0.0775. The maximum absolute atomic E-state index is 14.0. The first-order chi connectivity index (χ1) is 14.3. The van der Waals surface area contributed by atoms with E-state index in [4.69, 9.17) is 11.6 Å². The quantitative estimate of drug-likeness (QED) is 0.683. The van der Waals surface area contributed by atoms with Crippen LogP contribution < -0.4 is 16.2 Å². The predicted molar refractivity (Wildman–Crippen MR) is 110 cm³/mol. The number of amides is 2. The molecule has 2 heterocycles. The number of nitrogens with one attached hydrogen (secondary N) is 2. The summed E-state index contributed by atoms with van der Waals surface area (Å²) in [5, 5.41) is 12.8. The van der Waals surface area contributed by atoms with Crippen molar-refractivity contribution in [2.75, 3.05) is 25.6 Å². The number of hydrogen-bond acceptors (Lipinski definition) is 5. The number of hydrogen-bond donors (Lipinski definition) is 3. The first kappa shape index (κ1) is 21.6. The highest BCUT2D eigenvalue weighted by Crippen LogP contribution is 2.19. The van der Waals surface area contributed by atoms with E-state index in [1.54, 1.807) is 7.05 Å². The Morgan fingerprint density at radius 2 is 2.07 bits per heavy atom. The standard InChI is InChI=1S/C20H22ClFN4O4/c1-25-9-4-2-3-8-24-26-11-13(17(27)18(28)16(26)20(25)30)19(29)23-10-12-6-5-7-14(21)15(12)22/h5-7,11,24,28H,2-4,8-10H2,1H3,(H,23,29). The van der Waals surface area contributed by atoms with E-state index in [0.29, 0.717) is 13.1 Å². The van der Waals surface area contributed by atoms with Crippen molar-refractivity contribution in [2.24, 2.45) is 0 Å². The van der Waals surface area contributed by atoms with Crippen LogP contribution in [0.3, 0.4) is 0 Å². The van der Waals surface area contributed by atoms with Crippen LogP contribution in [0.1, 0.15) is 45.7 Å². The van der Waals surface area contributed by atoms with Gasteiger partial charge in [0.1, 0.15) is 11.4 Å². The Balaban J connectivity index is 1.93. The van der Waals surface area contributed by atoms with Crippen LogP contribution in [0.4, 0.5) is 4.39 Å². The lowest BCUT2D eigenvalue weighted by Crippen LogP contribution is -2.37. The fourth-order valence-electron chi connectivity index (χ4n) is 3.18. The van der Waals surface area contributed by atoms with Gasteiger partial charge in [-0.2, -0.15) is 0 Å². The summed E-state index contributed by atoms with van der Waals surface area (Å²) in [7, 11) is 1.58. The number of fused-ring (bicyclic) bond motifs is 1. The summed E-state index contributed by atoms with van der Waals surface area (Å²) in [6.07, 6.45) is 3.68. The summed E-state index contributed by atoms with van der Waals surface area (Å²) >= 11 is 5.73. The highest BCUT2D eigenvalue weighted by atomic mass is 35.5. The lowest BCUT2D eigenvalue weighted by Gasteiger charge is -2.24. The molecule has 1 aromatic heterocycles. The summed E-state index contributed by atoms with van der Waals surface area (Å²) in [4.78, 5) is 39.3. The number of carbonyl (C=O) groups excluding carboxylic acids is 2. The number of rotatable bonds is 3. The SMILES string of the molecule is CN1CCCCCNn2cc(C(=O)NCc3cccc(Cl)c3F)c(=O)c(O)c2C1=O. The van der Waals surface area contributed by atoms with Crippen LogP contribution in [-0.2, 0) is 6.54 Å². The lowest BCUT2D eigenvalue weighted by atomic mass is 10.1. The van der Waals surface area contributed by atoms with E-state index in [9.17, 15) is 23.9 Å². The molecule has 160 valence electrons. The molecule has 8 nitrogen and oxygen atoms in total. The van der Waals surface area contributed by atoms with Gasteiger partial charge in [-0.1, -0.05) is 23.7 Å².